The molecule has 0 saturated heterocycles. The highest BCUT2D eigenvalue weighted by molar-refractivity contribution is 7.84. The van der Waals surface area contributed by atoms with E-state index < -0.39 is 10.8 Å². The van der Waals surface area contributed by atoms with Crippen molar-refractivity contribution in [2.75, 3.05) is 6.54 Å². The van der Waals surface area contributed by atoms with E-state index in [4.69, 9.17) is 0 Å². The van der Waals surface area contributed by atoms with E-state index in [1.807, 2.05) is 0 Å². The van der Waals surface area contributed by atoms with Crippen molar-refractivity contribution in [1.29, 1.82) is 0 Å². The molecule has 1 N–H and O–H groups in total. The van der Waals surface area contributed by atoms with Gasteiger partial charge in [0.15, 0.2) is 0 Å². The molecule has 1 aromatic rings. The molecule has 2 nitrogen and oxygen atoms in total. The molecular formula is C18H29NOS. The van der Waals surface area contributed by atoms with Gasteiger partial charge < -0.3 is 5.32 Å². The first-order valence-electron chi connectivity index (χ1n) is 8.07. The Bertz CT molecular complexity index is 498. The summed E-state index contributed by atoms with van der Waals surface area (Å²) in [6.45, 7) is 9.82. The van der Waals surface area contributed by atoms with Gasteiger partial charge >= 0.3 is 0 Å². The molecule has 3 heteroatoms. The van der Waals surface area contributed by atoms with E-state index in [0.29, 0.717) is 17.2 Å². The second kappa shape index (κ2) is 7.06. The van der Waals surface area contributed by atoms with E-state index in [9.17, 15) is 4.21 Å². The van der Waals surface area contributed by atoms with Crippen molar-refractivity contribution < 1.29 is 4.21 Å². The Hall–Kier alpha value is -0.670. The molecular weight excluding hydrogens is 278 g/mol. The summed E-state index contributed by atoms with van der Waals surface area (Å²) in [5, 5.41) is 3.83. The first-order valence-corrected chi connectivity index (χ1v) is 9.45. The molecule has 1 aliphatic rings. The summed E-state index contributed by atoms with van der Waals surface area (Å²) in [5.41, 5.74) is 2.77. The number of benzene rings is 1. The second-order valence-corrected chi connectivity index (χ2v) is 8.78. The third-order valence-electron chi connectivity index (χ3n) is 4.53. The minimum absolute atomic E-state index is 0.272. The lowest BCUT2D eigenvalue weighted by atomic mass is 9.75. The maximum Gasteiger partial charge on any atom is 0.0509 e. The normalized spacial score (nSPS) is 26.5. The second-order valence-electron chi connectivity index (χ2n) is 7.12. The van der Waals surface area contributed by atoms with E-state index in [-0.39, 0.29) is 5.25 Å². The van der Waals surface area contributed by atoms with Gasteiger partial charge in [0, 0.05) is 22.6 Å². The Labute approximate surface area is 132 Å². The summed E-state index contributed by atoms with van der Waals surface area (Å²) in [7, 11) is -0.806. The van der Waals surface area contributed by atoms with Gasteiger partial charge in [-0.05, 0) is 43.7 Å². The molecule has 0 amide bonds. The van der Waals surface area contributed by atoms with Gasteiger partial charge in [0.1, 0.15) is 0 Å². The molecule has 118 valence electrons. The fourth-order valence-electron chi connectivity index (χ4n) is 3.37. The van der Waals surface area contributed by atoms with Gasteiger partial charge in [-0.2, -0.15) is 0 Å². The zero-order chi connectivity index (χ0) is 15.5. The van der Waals surface area contributed by atoms with E-state index in [0.717, 1.165) is 19.4 Å². The van der Waals surface area contributed by atoms with E-state index in [1.165, 1.54) is 17.5 Å². The molecule has 0 spiro atoms. The fraction of sp³-hybridized carbons (Fsp3) is 0.667. The van der Waals surface area contributed by atoms with Crippen molar-refractivity contribution >= 4 is 10.8 Å². The van der Waals surface area contributed by atoms with Crippen LogP contribution in [-0.2, 0) is 16.6 Å². The van der Waals surface area contributed by atoms with Crippen LogP contribution in [0.2, 0.25) is 0 Å². The lowest BCUT2D eigenvalue weighted by molar-refractivity contribution is 0.213. The Morgan fingerprint density at radius 1 is 1.38 bits per heavy atom. The summed E-state index contributed by atoms with van der Waals surface area (Å²) < 4.78 is 12.9. The minimum Gasteiger partial charge on any atom is -0.313 e. The smallest absolute Gasteiger partial charge is 0.0509 e. The van der Waals surface area contributed by atoms with Crippen LogP contribution >= 0.6 is 0 Å². The lowest BCUT2D eigenvalue weighted by Gasteiger charge is -2.40. The molecule has 1 saturated carbocycles. The lowest BCUT2D eigenvalue weighted by Crippen LogP contribution is -2.48. The summed E-state index contributed by atoms with van der Waals surface area (Å²) in [4.78, 5) is 0. The monoisotopic (exact) mass is 307 g/mol. The van der Waals surface area contributed by atoms with Crippen LogP contribution in [0, 0.1) is 12.3 Å². The van der Waals surface area contributed by atoms with Gasteiger partial charge in [0.2, 0.25) is 0 Å². The summed E-state index contributed by atoms with van der Waals surface area (Å²) in [6, 6.07) is 8.83. The molecule has 0 aromatic heterocycles. The molecule has 0 heterocycles. The van der Waals surface area contributed by atoms with Crippen LogP contribution in [0.3, 0.4) is 0 Å². The first-order chi connectivity index (χ1) is 9.91. The Kier molecular flexibility index (Phi) is 5.61. The number of nitrogens with one attached hydrogen (secondary N) is 1. The van der Waals surface area contributed by atoms with Crippen molar-refractivity contribution in [2.45, 2.75) is 64.0 Å². The maximum atomic E-state index is 12.9. The van der Waals surface area contributed by atoms with Crippen LogP contribution in [0.5, 0.6) is 0 Å². The van der Waals surface area contributed by atoms with Crippen LogP contribution in [-0.4, -0.2) is 22.0 Å². The molecule has 1 aliphatic carbocycles. The quantitative estimate of drug-likeness (QED) is 0.896. The number of hydrogen-bond donors (Lipinski definition) is 1. The molecule has 1 aromatic carbocycles. The molecule has 0 bridgehead atoms. The Morgan fingerprint density at radius 3 is 2.81 bits per heavy atom. The molecule has 2 rings (SSSR count). The summed E-state index contributed by atoms with van der Waals surface area (Å²) >= 11 is 0. The third-order valence-corrected chi connectivity index (χ3v) is 6.32. The molecule has 0 radical (unpaired) electrons. The number of rotatable bonds is 5. The highest BCUT2D eigenvalue weighted by Gasteiger charge is 2.37. The first kappa shape index (κ1) is 16.7. The average molecular weight is 308 g/mol. The zero-order valence-electron chi connectivity index (χ0n) is 13.8. The van der Waals surface area contributed by atoms with Gasteiger partial charge in [-0.1, -0.05) is 50.6 Å². The van der Waals surface area contributed by atoms with Gasteiger partial charge in [-0.15, -0.1) is 0 Å². The highest BCUT2D eigenvalue weighted by atomic mass is 32.2. The Balaban J connectivity index is 2.09. The SMILES string of the molecule is CCNC1CCC(C)(C)CC1S(=O)Cc1cccc(C)c1. The van der Waals surface area contributed by atoms with Gasteiger partial charge in [0.05, 0.1) is 5.25 Å². The van der Waals surface area contributed by atoms with Crippen LogP contribution in [0.25, 0.3) is 0 Å². The van der Waals surface area contributed by atoms with Crippen molar-refractivity contribution in [3.63, 3.8) is 0 Å². The zero-order valence-corrected chi connectivity index (χ0v) is 14.6. The van der Waals surface area contributed by atoms with Crippen molar-refractivity contribution in [1.82, 2.24) is 5.32 Å². The largest absolute Gasteiger partial charge is 0.313 e. The van der Waals surface area contributed by atoms with Crippen LogP contribution in [0.15, 0.2) is 24.3 Å². The molecule has 1 fully saturated rings. The predicted octanol–water partition coefficient (Wildman–Crippen LogP) is 3.80. The summed E-state index contributed by atoms with van der Waals surface area (Å²) in [6.07, 6.45) is 3.43. The Morgan fingerprint density at radius 2 is 2.14 bits per heavy atom. The topological polar surface area (TPSA) is 29.1 Å². The fourth-order valence-corrected chi connectivity index (χ4v) is 5.32. The van der Waals surface area contributed by atoms with Crippen LogP contribution in [0.1, 0.15) is 51.2 Å². The molecule has 0 aliphatic heterocycles. The predicted molar refractivity (Wildman–Crippen MR) is 91.9 cm³/mol. The summed E-state index contributed by atoms with van der Waals surface area (Å²) in [5.74, 6) is 0.685. The van der Waals surface area contributed by atoms with Crippen molar-refractivity contribution in [3.8, 4) is 0 Å². The van der Waals surface area contributed by atoms with Crippen molar-refractivity contribution in [2.24, 2.45) is 5.41 Å². The molecule has 3 atom stereocenters. The number of hydrogen-bond acceptors (Lipinski definition) is 2. The molecule has 3 unspecified atom stereocenters. The van der Waals surface area contributed by atoms with E-state index in [2.05, 4.69) is 57.3 Å². The van der Waals surface area contributed by atoms with Crippen molar-refractivity contribution in [3.05, 3.63) is 35.4 Å². The van der Waals surface area contributed by atoms with E-state index in [1.54, 1.807) is 0 Å². The standard InChI is InChI=1S/C18H29NOS/c1-5-19-16-9-10-18(3,4)12-17(16)21(20)13-15-8-6-7-14(2)11-15/h6-8,11,16-17,19H,5,9-10,12-13H2,1-4H3. The minimum atomic E-state index is -0.806. The maximum absolute atomic E-state index is 12.9. The average Bonchev–Trinajstić information content (AvgIpc) is 2.40. The molecule has 21 heavy (non-hydrogen) atoms. The third kappa shape index (κ3) is 4.65. The van der Waals surface area contributed by atoms with Gasteiger partial charge in [0.25, 0.3) is 0 Å². The van der Waals surface area contributed by atoms with Gasteiger partial charge in [-0.25, -0.2) is 0 Å². The van der Waals surface area contributed by atoms with E-state index >= 15 is 0 Å². The van der Waals surface area contributed by atoms with Gasteiger partial charge in [-0.3, -0.25) is 4.21 Å². The van der Waals surface area contributed by atoms with Crippen LogP contribution < -0.4 is 5.32 Å². The van der Waals surface area contributed by atoms with Crippen LogP contribution in [0.4, 0.5) is 0 Å². The highest BCUT2D eigenvalue weighted by Crippen LogP contribution is 2.38. The number of aryl methyl sites for hydroxylation is 1.